The number of rotatable bonds is 7. The van der Waals surface area contributed by atoms with Gasteiger partial charge in [-0.05, 0) is 61.2 Å². The van der Waals surface area contributed by atoms with Gasteiger partial charge in [0.2, 0.25) is 0 Å². The van der Waals surface area contributed by atoms with Gasteiger partial charge in [0.05, 0.1) is 6.61 Å². The van der Waals surface area contributed by atoms with Crippen LogP contribution < -0.4 is 5.32 Å². The lowest BCUT2D eigenvalue weighted by Gasteiger charge is -2.34. The van der Waals surface area contributed by atoms with Crippen LogP contribution in [-0.4, -0.2) is 48.2 Å². The molecule has 0 spiro atoms. The lowest BCUT2D eigenvalue weighted by molar-refractivity contribution is 0.0868. The molecule has 0 radical (unpaired) electrons. The minimum atomic E-state index is -0.272. The van der Waals surface area contributed by atoms with E-state index in [1.54, 1.807) is 18.2 Å². The molecule has 0 saturated carbocycles. The Morgan fingerprint density at radius 1 is 1.15 bits per heavy atom. The number of nitrogens with one attached hydrogen (secondary N) is 1. The predicted molar refractivity (Wildman–Crippen MR) is 105 cm³/mol. The van der Waals surface area contributed by atoms with Crippen molar-refractivity contribution in [3.05, 3.63) is 59.9 Å². The summed E-state index contributed by atoms with van der Waals surface area (Å²) in [5.74, 6) is -0.371. The highest BCUT2D eigenvalue weighted by Crippen LogP contribution is 2.20. The van der Waals surface area contributed by atoms with Gasteiger partial charge >= 0.3 is 0 Å². The van der Waals surface area contributed by atoms with E-state index in [1.165, 1.54) is 25.0 Å². The smallest absolute Gasteiger partial charge is 0.251 e. The number of likely N-dealkylation sites (tertiary alicyclic amines) is 1. The Morgan fingerprint density at radius 3 is 2.70 bits per heavy atom. The summed E-state index contributed by atoms with van der Waals surface area (Å²) in [6.07, 6.45) is 4.29. The van der Waals surface area contributed by atoms with Crippen LogP contribution in [0, 0.1) is 5.82 Å². The number of nitrogens with zero attached hydrogens (tertiary/aromatic N) is 1. The number of halogens is 1. The Morgan fingerprint density at radius 2 is 1.96 bits per heavy atom. The van der Waals surface area contributed by atoms with Crippen LogP contribution in [0.3, 0.4) is 0 Å². The monoisotopic (exact) mass is 370 g/mol. The zero-order chi connectivity index (χ0) is 19.1. The highest BCUT2D eigenvalue weighted by molar-refractivity contribution is 5.94. The van der Waals surface area contributed by atoms with Gasteiger partial charge in [-0.3, -0.25) is 9.69 Å². The zero-order valence-electron chi connectivity index (χ0n) is 15.5. The summed E-state index contributed by atoms with van der Waals surface area (Å²) < 4.78 is 13.3. The van der Waals surface area contributed by atoms with Crippen molar-refractivity contribution in [2.75, 3.05) is 26.2 Å². The average Bonchev–Trinajstić information content (AvgIpc) is 2.71. The molecule has 0 bridgehead atoms. The Bertz CT molecular complexity index is 748. The first-order chi connectivity index (χ1) is 13.2. The molecule has 1 saturated heterocycles. The highest BCUT2D eigenvalue weighted by Gasteiger charge is 2.20. The number of carbonyl (C=O) groups is 1. The number of aliphatic hydroxyl groups is 1. The third-order valence-corrected chi connectivity index (χ3v) is 5.17. The molecule has 1 fully saturated rings. The summed E-state index contributed by atoms with van der Waals surface area (Å²) >= 11 is 0. The fourth-order valence-corrected chi connectivity index (χ4v) is 3.63. The first kappa shape index (κ1) is 19.5. The van der Waals surface area contributed by atoms with Gasteiger partial charge in [0.25, 0.3) is 5.91 Å². The zero-order valence-corrected chi connectivity index (χ0v) is 15.5. The van der Waals surface area contributed by atoms with E-state index in [0.29, 0.717) is 12.1 Å². The molecule has 1 aliphatic heterocycles. The van der Waals surface area contributed by atoms with E-state index in [-0.39, 0.29) is 24.4 Å². The minimum absolute atomic E-state index is 0.0989. The number of piperidine rings is 1. The average molecular weight is 370 g/mol. The molecule has 27 heavy (non-hydrogen) atoms. The molecule has 3 rings (SSSR count). The molecule has 1 aliphatic rings. The van der Waals surface area contributed by atoms with E-state index < -0.39 is 0 Å². The summed E-state index contributed by atoms with van der Waals surface area (Å²) in [5.41, 5.74) is 2.27. The molecule has 144 valence electrons. The maximum absolute atomic E-state index is 13.3. The normalized spacial score (nSPS) is 17.6. The quantitative estimate of drug-likeness (QED) is 0.734. The van der Waals surface area contributed by atoms with Crippen molar-refractivity contribution in [2.24, 2.45) is 0 Å². The van der Waals surface area contributed by atoms with Crippen LogP contribution in [0.2, 0.25) is 0 Å². The van der Waals surface area contributed by atoms with Gasteiger partial charge < -0.3 is 10.4 Å². The standard InChI is InChI=1S/C22H27FN2O2/c23-20-6-3-5-19(15-20)17-8-10-18(11-9-17)22(27)24-12-4-14-25-13-2-1-7-21(25)16-26/h3,5-6,8-11,15,21,26H,1-2,4,7,12-14,16H2,(H,24,27). The summed E-state index contributed by atoms with van der Waals surface area (Å²) in [5, 5.41) is 12.4. The molecule has 1 atom stereocenters. The summed E-state index contributed by atoms with van der Waals surface area (Å²) in [6.45, 7) is 2.74. The van der Waals surface area contributed by atoms with Crippen LogP contribution in [0.15, 0.2) is 48.5 Å². The number of hydrogen-bond donors (Lipinski definition) is 2. The largest absolute Gasteiger partial charge is 0.395 e. The molecule has 2 aromatic rings. The van der Waals surface area contributed by atoms with E-state index in [2.05, 4.69) is 10.2 Å². The van der Waals surface area contributed by atoms with Crippen LogP contribution in [0.4, 0.5) is 4.39 Å². The first-order valence-electron chi connectivity index (χ1n) is 9.66. The lowest BCUT2D eigenvalue weighted by atomic mass is 10.0. The molecule has 5 heteroatoms. The van der Waals surface area contributed by atoms with Gasteiger partial charge in [-0.15, -0.1) is 0 Å². The maximum Gasteiger partial charge on any atom is 0.251 e. The van der Waals surface area contributed by atoms with E-state index >= 15 is 0 Å². The number of amides is 1. The van der Waals surface area contributed by atoms with Crippen molar-refractivity contribution in [1.29, 1.82) is 0 Å². The van der Waals surface area contributed by atoms with Gasteiger partial charge in [-0.25, -0.2) is 4.39 Å². The van der Waals surface area contributed by atoms with Crippen molar-refractivity contribution in [3.8, 4) is 11.1 Å². The van der Waals surface area contributed by atoms with E-state index in [0.717, 1.165) is 37.1 Å². The number of carbonyl (C=O) groups excluding carboxylic acids is 1. The van der Waals surface area contributed by atoms with Gasteiger partial charge in [-0.1, -0.05) is 30.7 Å². The summed E-state index contributed by atoms with van der Waals surface area (Å²) in [4.78, 5) is 14.6. The van der Waals surface area contributed by atoms with E-state index in [1.807, 2.05) is 18.2 Å². The van der Waals surface area contributed by atoms with Crippen molar-refractivity contribution in [3.63, 3.8) is 0 Å². The Labute approximate surface area is 160 Å². The Balaban J connectivity index is 1.47. The molecule has 2 aromatic carbocycles. The first-order valence-corrected chi connectivity index (χ1v) is 9.66. The van der Waals surface area contributed by atoms with E-state index in [9.17, 15) is 14.3 Å². The molecular formula is C22H27FN2O2. The topological polar surface area (TPSA) is 52.6 Å². The molecule has 1 unspecified atom stereocenters. The second-order valence-corrected chi connectivity index (χ2v) is 7.07. The second kappa shape index (κ2) is 9.62. The lowest BCUT2D eigenvalue weighted by Crippen LogP contribution is -2.43. The third-order valence-electron chi connectivity index (χ3n) is 5.17. The SMILES string of the molecule is O=C(NCCCN1CCCCC1CO)c1ccc(-c2cccc(F)c2)cc1. The number of benzene rings is 2. The number of aliphatic hydroxyl groups excluding tert-OH is 1. The van der Waals surface area contributed by atoms with E-state index in [4.69, 9.17) is 0 Å². The Hall–Kier alpha value is -2.24. The van der Waals surface area contributed by atoms with Gasteiger partial charge in [0.1, 0.15) is 5.82 Å². The van der Waals surface area contributed by atoms with Crippen LogP contribution >= 0.6 is 0 Å². The highest BCUT2D eigenvalue weighted by atomic mass is 19.1. The fourth-order valence-electron chi connectivity index (χ4n) is 3.63. The van der Waals surface area contributed by atoms with Crippen LogP contribution in [0.25, 0.3) is 11.1 Å². The summed E-state index contributed by atoms with van der Waals surface area (Å²) in [6, 6.07) is 13.9. The molecule has 1 heterocycles. The minimum Gasteiger partial charge on any atom is -0.395 e. The number of hydrogen-bond acceptors (Lipinski definition) is 3. The van der Waals surface area contributed by atoms with Crippen molar-refractivity contribution < 1.29 is 14.3 Å². The second-order valence-electron chi connectivity index (χ2n) is 7.07. The fraction of sp³-hybridized carbons (Fsp3) is 0.409. The van der Waals surface area contributed by atoms with Gasteiger partial charge in [-0.2, -0.15) is 0 Å². The molecule has 1 amide bonds. The molecular weight excluding hydrogens is 343 g/mol. The van der Waals surface area contributed by atoms with Crippen LogP contribution in [0.5, 0.6) is 0 Å². The van der Waals surface area contributed by atoms with Crippen molar-refractivity contribution in [2.45, 2.75) is 31.7 Å². The van der Waals surface area contributed by atoms with Gasteiger partial charge in [0.15, 0.2) is 0 Å². The molecule has 0 aromatic heterocycles. The molecule has 2 N–H and O–H groups in total. The summed E-state index contributed by atoms with van der Waals surface area (Å²) in [7, 11) is 0. The van der Waals surface area contributed by atoms with Crippen molar-refractivity contribution in [1.82, 2.24) is 10.2 Å². The molecule has 4 nitrogen and oxygen atoms in total. The molecule has 0 aliphatic carbocycles. The van der Waals surface area contributed by atoms with Crippen LogP contribution in [-0.2, 0) is 0 Å². The van der Waals surface area contributed by atoms with Gasteiger partial charge in [0, 0.05) is 24.7 Å². The third kappa shape index (κ3) is 5.37. The predicted octanol–water partition coefficient (Wildman–Crippen LogP) is 3.46. The maximum atomic E-state index is 13.3. The van der Waals surface area contributed by atoms with Crippen molar-refractivity contribution >= 4 is 5.91 Å². The Kier molecular flexibility index (Phi) is 6.96. The van der Waals surface area contributed by atoms with Crippen LogP contribution in [0.1, 0.15) is 36.0 Å².